The first-order chi connectivity index (χ1) is 18.9. The topological polar surface area (TPSA) is 196 Å². The van der Waals surface area contributed by atoms with Crippen LogP contribution in [0.5, 0.6) is 0 Å². The highest BCUT2D eigenvalue weighted by atomic mass is 35.5. The molecular weight excluding hydrogens is 554 g/mol. The smallest absolute Gasteiger partial charge is 0.287 e. The highest BCUT2D eigenvalue weighted by Gasteiger charge is 2.48. The van der Waals surface area contributed by atoms with Gasteiger partial charge in [-0.25, -0.2) is 4.68 Å². The Labute approximate surface area is 246 Å². The lowest BCUT2D eigenvalue weighted by Gasteiger charge is -2.34. The third kappa shape index (κ3) is 7.43. The number of ether oxygens (including phenoxy) is 1. The van der Waals surface area contributed by atoms with Crippen molar-refractivity contribution in [2.75, 3.05) is 19.8 Å². The molecule has 3 aliphatic rings. The number of aliphatic hydroxyl groups is 1. The molecule has 2 saturated heterocycles. The third-order valence-electron chi connectivity index (χ3n) is 8.63. The molecule has 1 saturated carbocycles. The molecule has 1 aliphatic carbocycles. The van der Waals surface area contributed by atoms with Gasteiger partial charge in [-0.3, -0.25) is 19.2 Å². The van der Waals surface area contributed by atoms with Crippen LogP contribution in [0.1, 0.15) is 89.8 Å². The molecular formula is C27H44ClN7O6. The average Bonchev–Trinajstić information content (AvgIpc) is 3.52. The maximum atomic E-state index is 13.9. The van der Waals surface area contributed by atoms with Crippen molar-refractivity contribution in [1.29, 1.82) is 0 Å². The van der Waals surface area contributed by atoms with E-state index in [1.807, 2.05) is 0 Å². The molecule has 0 unspecified atom stereocenters. The lowest BCUT2D eigenvalue weighted by Crippen LogP contribution is -2.62. The Bertz CT molecular complexity index is 1090. The molecule has 1 aromatic rings. The highest BCUT2D eigenvalue weighted by molar-refractivity contribution is 6.39. The van der Waals surface area contributed by atoms with Crippen LogP contribution in [-0.4, -0.2) is 85.9 Å². The first-order valence-electron chi connectivity index (χ1n) is 14.4. The van der Waals surface area contributed by atoms with Crippen molar-refractivity contribution < 1.29 is 29.0 Å². The number of likely N-dealkylation sites (tertiary alicyclic amines) is 1. The summed E-state index contributed by atoms with van der Waals surface area (Å²) in [5, 5.41) is 21.6. The lowest BCUT2D eigenvalue weighted by atomic mass is 9.84. The maximum absolute atomic E-state index is 13.9. The summed E-state index contributed by atoms with van der Waals surface area (Å²) in [6.45, 7) is 3.91. The summed E-state index contributed by atoms with van der Waals surface area (Å²) in [6, 6.07) is -2.23. The van der Waals surface area contributed by atoms with Gasteiger partial charge >= 0.3 is 0 Å². The van der Waals surface area contributed by atoms with Gasteiger partial charge in [0.2, 0.25) is 17.6 Å². The molecule has 13 nitrogen and oxygen atoms in total. The molecule has 3 heterocycles. The molecule has 2 aliphatic heterocycles. The van der Waals surface area contributed by atoms with Crippen molar-refractivity contribution in [3.8, 4) is 0 Å². The van der Waals surface area contributed by atoms with Gasteiger partial charge in [0.05, 0.1) is 24.0 Å². The van der Waals surface area contributed by atoms with E-state index in [0.717, 1.165) is 25.7 Å². The van der Waals surface area contributed by atoms with Crippen LogP contribution in [0.25, 0.3) is 0 Å². The van der Waals surface area contributed by atoms with E-state index >= 15 is 0 Å². The van der Waals surface area contributed by atoms with Crippen LogP contribution < -0.4 is 16.8 Å². The van der Waals surface area contributed by atoms with E-state index in [1.165, 1.54) is 17.5 Å². The normalized spacial score (nSPS) is 26.5. The van der Waals surface area contributed by atoms with E-state index in [4.69, 9.17) is 16.2 Å². The van der Waals surface area contributed by atoms with Crippen LogP contribution in [0.2, 0.25) is 0 Å². The zero-order valence-corrected chi connectivity index (χ0v) is 24.7. The molecule has 0 aromatic carbocycles. The molecule has 0 spiro atoms. The summed E-state index contributed by atoms with van der Waals surface area (Å²) >= 11 is 0. The van der Waals surface area contributed by atoms with Gasteiger partial charge in [-0.05, 0) is 39.0 Å². The van der Waals surface area contributed by atoms with Gasteiger partial charge < -0.3 is 31.5 Å². The van der Waals surface area contributed by atoms with Crippen LogP contribution in [0.3, 0.4) is 0 Å². The van der Waals surface area contributed by atoms with Gasteiger partial charge in [-0.2, -0.15) is 0 Å². The summed E-state index contributed by atoms with van der Waals surface area (Å²) in [7, 11) is 0. The molecule has 3 amide bonds. The molecule has 0 radical (unpaired) electrons. The Kier molecular flexibility index (Phi) is 10.9. The lowest BCUT2D eigenvalue weighted by molar-refractivity contribution is -0.145. The van der Waals surface area contributed by atoms with Crippen molar-refractivity contribution in [3.63, 3.8) is 0 Å². The minimum atomic E-state index is -1.51. The number of halogens is 1. The van der Waals surface area contributed by atoms with Crippen LogP contribution in [0.4, 0.5) is 0 Å². The first-order valence-corrected chi connectivity index (χ1v) is 14.4. The van der Waals surface area contributed by atoms with E-state index in [0.29, 0.717) is 31.1 Å². The fourth-order valence-corrected chi connectivity index (χ4v) is 6.44. The highest BCUT2D eigenvalue weighted by Crippen LogP contribution is 2.34. The van der Waals surface area contributed by atoms with Crippen molar-refractivity contribution in [2.24, 2.45) is 17.4 Å². The molecule has 3 fully saturated rings. The number of aromatic nitrogens is 3. The zero-order chi connectivity index (χ0) is 29.1. The molecule has 14 heteroatoms. The number of hydrogen-bond donors (Lipinski definition) is 4. The Hall–Kier alpha value is -2.61. The molecule has 1 aromatic heterocycles. The number of Topliss-reactive ketones (excluding diaryl/α,β-unsaturated/α-hetero) is 1. The summed E-state index contributed by atoms with van der Waals surface area (Å²) < 4.78 is 7.03. The number of ketones is 1. The Morgan fingerprint density at radius 2 is 1.88 bits per heavy atom. The predicted molar refractivity (Wildman–Crippen MR) is 151 cm³/mol. The number of rotatable bonds is 9. The summed E-state index contributed by atoms with van der Waals surface area (Å²) in [4.78, 5) is 54.1. The maximum Gasteiger partial charge on any atom is 0.287 e. The largest absolute Gasteiger partial charge is 0.384 e. The number of nitrogens with one attached hydrogen (secondary N) is 1. The molecule has 230 valence electrons. The summed E-state index contributed by atoms with van der Waals surface area (Å²) in [6.07, 6.45) is 8.38. The number of amides is 3. The quantitative estimate of drug-likeness (QED) is 0.292. The minimum Gasteiger partial charge on any atom is -0.384 e. The zero-order valence-electron chi connectivity index (χ0n) is 23.9. The second kappa shape index (κ2) is 13.6. The van der Waals surface area contributed by atoms with Crippen molar-refractivity contribution in [3.05, 3.63) is 11.9 Å². The fraction of sp³-hybridized carbons (Fsp3) is 0.778. The molecule has 4 rings (SSSR count). The molecule has 41 heavy (non-hydrogen) atoms. The van der Waals surface area contributed by atoms with Crippen molar-refractivity contribution >= 4 is 35.9 Å². The number of hydrogen-bond acceptors (Lipinski definition) is 9. The van der Waals surface area contributed by atoms with Gasteiger partial charge in [-0.1, -0.05) is 37.3 Å². The van der Waals surface area contributed by atoms with Gasteiger partial charge in [0.1, 0.15) is 17.2 Å². The van der Waals surface area contributed by atoms with Crippen molar-refractivity contribution in [2.45, 2.75) is 107 Å². The van der Waals surface area contributed by atoms with Gasteiger partial charge in [0.25, 0.3) is 5.91 Å². The van der Waals surface area contributed by atoms with Crippen LogP contribution >= 0.6 is 12.4 Å². The van der Waals surface area contributed by atoms with Crippen molar-refractivity contribution in [1.82, 2.24) is 25.2 Å². The van der Waals surface area contributed by atoms with Crippen LogP contribution in [0, 0.1) is 5.92 Å². The standard InChI is InChI=1S/C27H43N7O6.ClH/c1-26(2,39)21-15-30-32-34(21)18-14-20(33(16-18)25(38)19(28)13-17-7-4-3-5-8-17)24(37)31-27(22(35)23(29)36)9-6-11-40-12-10-27;/h15,17-20,39H,3-14,16,28H2,1-2H3,(H2,29,36)(H,31,37);1H/t18-,19+,20-,27+;/m0./s1. The Morgan fingerprint density at radius 3 is 2.54 bits per heavy atom. The third-order valence-corrected chi connectivity index (χ3v) is 8.63. The van der Waals surface area contributed by atoms with Crippen LogP contribution in [0.15, 0.2) is 6.20 Å². The van der Waals surface area contributed by atoms with Gasteiger partial charge in [0.15, 0.2) is 0 Å². The average molecular weight is 598 g/mol. The predicted octanol–water partition coefficient (Wildman–Crippen LogP) is 0.477. The van der Waals surface area contributed by atoms with Gasteiger partial charge in [0, 0.05) is 32.6 Å². The molecule has 4 atom stereocenters. The second-order valence-electron chi connectivity index (χ2n) is 12.1. The number of primary amides is 1. The number of carbonyl (C=O) groups is 4. The molecule has 0 bridgehead atoms. The molecule has 6 N–H and O–H groups in total. The number of carbonyl (C=O) groups excluding carboxylic acids is 4. The Balaban J connectivity index is 0.00000462. The van der Waals surface area contributed by atoms with E-state index in [9.17, 15) is 24.3 Å². The first kappa shape index (κ1) is 32.9. The number of nitrogens with zero attached hydrogens (tertiary/aromatic N) is 4. The Morgan fingerprint density at radius 1 is 1.17 bits per heavy atom. The monoisotopic (exact) mass is 597 g/mol. The summed E-state index contributed by atoms with van der Waals surface area (Å²) in [5.41, 5.74) is 9.49. The fourth-order valence-electron chi connectivity index (χ4n) is 6.44. The second-order valence-corrected chi connectivity index (χ2v) is 12.1. The van der Waals surface area contributed by atoms with E-state index in [2.05, 4.69) is 15.6 Å². The SMILES string of the molecule is CC(C)(O)c1cnnn1[C@H]1C[C@@H](C(=O)N[C@]2(C(=O)C(N)=O)CCCOCC2)N(C(=O)[C@H](N)CC2CCCCC2)C1.Cl. The number of nitrogens with two attached hydrogens (primary N) is 2. The van der Waals surface area contributed by atoms with E-state index in [1.54, 1.807) is 18.5 Å². The minimum absolute atomic E-state index is 0. The van der Waals surface area contributed by atoms with Gasteiger partial charge in [-0.15, -0.1) is 17.5 Å². The van der Waals surface area contributed by atoms with E-state index < -0.39 is 46.9 Å². The van der Waals surface area contributed by atoms with E-state index in [-0.39, 0.29) is 50.7 Å². The van der Waals surface area contributed by atoms with Crippen LogP contribution in [-0.2, 0) is 29.5 Å². The summed E-state index contributed by atoms with van der Waals surface area (Å²) in [5.74, 6) is -2.57.